The maximum absolute atomic E-state index is 11.8. The highest BCUT2D eigenvalue weighted by atomic mass is 16.2. The number of carbonyl (C=O) groups excluding carboxylic acids is 1. The highest BCUT2D eigenvalue weighted by molar-refractivity contribution is 5.77. The van der Waals surface area contributed by atoms with E-state index in [9.17, 15) is 4.79 Å². The molecule has 0 spiro atoms. The summed E-state index contributed by atoms with van der Waals surface area (Å²) in [5.74, 6) is 0.166. The summed E-state index contributed by atoms with van der Waals surface area (Å²) in [5, 5.41) is 2.91. The molecule has 1 fully saturated rings. The number of aryl methyl sites for hydroxylation is 1. The van der Waals surface area contributed by atoms with Crippen LogP contribution in [0.1, 0.15) is 38.2 Å². The molecule has 0 radical (unpaired) electrons. The molecule has 2 rings (SSSR count). The lowest BCUT2D eigenvalue weighted by Gasteiger charge is -2.35. The Morgan fingerprint density at radius 2 is 2.10 bits per heavy atom. The molecule has 1 atom stereocenters. The Morgan fingerprint density at radius 1 is 1.30 bits per heavy atom. The van der Waals surface area contributed by atoms with Crippen molar-refractivity contribution in [2.24, 2.45) is 0 Å². The molecule has 3 heteroatoms. The van der Waals surface area contributed by atoms with Gasteiger partial charge in [-0.2, -0.15) is 0 Å². The summed E-state index contributed by atoms with van der Waals surface area (Å²) in [6.07, 6.45) is 6.01. The standard InChI is InChI=1S/C17H26N2O/c1-2-18-17(20)14-19-13-7-6-10-16(19)12-11-15-8-4-3-5-9-15/h3-5,8-9,16H,2,6-7,10-14H2,1H3,(H,18,20)/t16-/m0/s1. The predicted molar refractivity (Wildman–Crippen MR) is 82.7 cm³/mol. The molecule has 110 valence electrons. The van der Waals surface area contributed by atoms with E-state index in [1.165, 1.54) is 24.8 Å². The van der Waals surface area contributed by atoms with Gasteiger partial charge in [0.2, 0.25) is 5.91 Å². The molecule has 3 nitrogen and oxygen atoms in total. The van der Waals surface area contributed by atoms with E-state index in [1.54, 1.807) is 0 Å². The SMILES string of the molecule is CCNC(=O)CN1CCCC[C@H]1CCc1ccccc1. The normalized spacial score (nSPS) is 19.8. The summed E-state index contributed by atoms with van der Waals surface area (Å²) >= 11 is 0. The van der Waals surface area contributed by atoms with Crippen molar-refractivity contribution in [2.75, 3.05) is 19.6 Å². The highest BCUT2D eigenvalue weighted by Gasteiger charge is 2.23. The van der Waals surface area contributed by atoms with Crippen LogP contribution < -0.4 is 5.32 Å². The Morgan fingerprint density at radius 3 is 2.85 bits per heavy atom. The van der Waals surface area contributed by atoms with E-state index < -0.39 is 0 Å². The van der Waals surface area contributed by atoms with Crippen molar-refractivity contribution in [1.29, 1.82) is 0 Å². The maximum Gasteiger partial charge on any atom is 0.234 e. The van der Waals surface area contributed by atoms with E-state index in [4.69, 9.17) is 0 Å². The molecule has 1 aliphatic rings. The second kappa shape index (κ2) is 8.05. The minimum Gasteiger partial charge on any atom is -0.355 e. The number of rotatable bonds is 6. The number of nitrogens with zero attached hydrogens (tertiary/aromatic N) is 1. The highest BCUT2D eigenvalue weighted by Crippen LogP contribution is 2.21. The number of nitrogens with one attached hydrogen (secondary N) is 1. The first-order chi connectivity index (χ1) is 9.79. The summed E-state index contributed by atoms with van der Waals surface area (Å²) in [7, 11) is 0. The van der Waals surface area contributed by atoms with Gasteiger partial charge < -0.3 is 5.32 Å². The van der Waals surface area contributed by atoms with E-state index in [0.717, 1.165) is 25.9 Å². The van der Waals surface area contributed by atoms with Crippen molar-refractivity contribution in [3.8, 4) is 0 Å². The number of carbonyl (C=O) groups is 1. The molecular weight excluding hydrogens is 248 g/mol. The van der Waals surface area contributed by atoms with Gasteiger partial charge in [-0.3, -0.25) is 9.69 Å². The Kier molecular flexibility index (Phi) is 6.06. The first kappa shape index (κ1) is 15.0. The Labute approximate surface area is 122 Å². The van der Waals surface area contributed by atoms with E-state index in [-0.39, 0.29) is 5.91 Å². The van der Waals surface area contributed by atoms with Crippen molar-refractivity contribution < 1.29 is 4.79 Å². The smallest absolute Gasteiger partial charge is 0.234 e. The summed E-state index contributed by atoms with van der Waals surface area (Å²) < 4.78 is 0. The molecule has 0 unspecified atom stereocenters. The number of amides is 1. The van der Waals surface area contributed by atoms with Crippen molar-refractivity contribution in [1.82, 2.24) is 10.2 Å². The molecule has 0 aliphatic carbocycles. The summed E-state index contributed by atoms with van der Waals surface area (Å²) in [6, 6.07) is 11.2. The first-order valence-electron chi connectivity index (χ1n) is 7.84. The van der Waals surface area contributed by atoms with Gasteiger partial charge in [0.1, 0.15) is 0 Å². The van der Waals surface area contributed by atoms with Crippen LogP contribution >= 0.6 is 0 Å². The maximum atomic E-state index is 11.8. The molecule has 0 aromatic heterocycles. The summed E-state index contributed by atoms with van der Waals surface area (Å²) in [4.78, 5) is 14.2. The Hall–Kier alpha value is -1.35. The zero-order chi connectivity index (χ0) is 14.2. The summed E-state index contributed by atoms with van der Waals surface area (Å²) in [5.41, 5.74) is 1.40. The minimum absolute atomic E-state index is 0.166. The lowest BCUT2D eigenvalue weighted by atomic mass is 9.96. The van der Waals surface area contributed by atoms with Crippen LogP contribution in [0.25, 0.3) is 0 Å². The average Bonchev–Trinajstić information content (AvgIpc) is 2.48. The zero-order valence-corrected chi connectivity index (χ0v) is 12.5. The van der Waals surface area contributed by atoms with Crippen molar-refractivity contribution in [2.45, 2.75) is 45.1 Å². The van der Waals surface area contributed by atoms with Gasteiger partial charge in [-0.05, 0) is 44.7 Å². The van der Waals surface area contributed by atoms with Gasteiger partial charge >= 0.3 is 0 Å². The van der Waals surface area contributed by atoms with Crippen LogP contribution in [0.3, 0.4) is 0 Å². The number of hydrogen-bond donors (Lipinski definition) is 1. The van der Waals surface area contributed by atoms with Gasteiger partial charge in [0.15, 0.2) is 0 Å². The Balaban J connectivity index is 1.85. The fourth-order valence-electron chi connectivity index (χ4n) is 3.01. The van der Waals surface area contributed by atoms with Crippen LogP contribution in [-0.4, -0.2) is 36.5 Å². The van der Waals surface area contributed by atoms with Crippen molar-refractivity contribution >= 4 is 5.91 Å². The monoisotopic (exact) mass is 274 g/mol. The third-order valence-electron chi connectivity index (χ3n) is 4.08. The second-order valence-electron chi connectivity index (χ2n) is 5.60. The van der Waals surface area contributed by atoms with Gasteiger partial charge in [-0.25, -0.2) is 0 Å². The van der Waals surface area contributed by atoms with Crippen LogP contribution in [0, 0.1) is 0 Å². The van der Waals surface area contributed by atoms with Crippen LogP contribution in [0.15, 0.2) is 30.3 Å². The molecule has 1 saturated heterocycles. The number of benzene rings is 1. The fourth-order valence-corrected chi connectivity index (χ4v) is 3.01. The molecule has 1 N–H and O–H groups in total. The van der Waals surface area contributed by atoms with E-state index >= 15 is 0 Å². The molecule has 1 aromatic carbocycles. The van der Waals surface area contributed by atoms with E-state index in [0.29, 0.717) is 12.6 Å². The molecule has 1 aromatic rings. The van der Waals surface area contributed by atoms with E-state index in [1.807, 2.05) is 6.92 Å². The number of likely N-dealkylation sites (tertiary alicyclic amines) is 1. The van der Waals surface area contributed by atoms with Gasteiger partial charge in [0, 0.05) is 12.6 Å². The molecule has 0 saturated carbocycles. The van der Waals surface area contributed by atoms with Crippen LogP contribution in [-0.2, 0) is 11.2 Å². The largest absolute Gasteiger partial charge is 0.355 e. The third kappa shape index (κ3) is 4.64. The van der Waals surface area contributed by atoms with Gasteiger partial charge in [-0.15, -0.1) is 0 Å². The van der Waals surface area contributed by atoms with Gasteiger partial charge in [0.25, 0.3) is 0 Å². The lowest BCUT2D eigenvalue weighted by molar-refractivity contribution is -0.123. The molecule has 1 aliphatic heterocycles. The molecule has 20 heavy (non-hydrogen) atoms. The topological polar surface area (TPSA) is 32.3 Å². The number of likely N-dealkylation sites (N-methyl/N-ethyl adjacent to an activating group) is 1. The third-order valence-corrected chi connectivity index (χ3v) is 4.08. The molecule has 1 heterocycles. The number of piperidine rings is 1. The van der Waals surface area contributed by atoms with Gasteiger partial charge in [0.05, 0.1) is 6.54 Å². The van der Waals surface area contributed by atoms with Crippen LogP contribution in [0.5, 0.6) is 0 Å². The number of hydrogen-bond acceptors (Lipinski definition) is 2. The lowest BCUT2D eigenvalue weighted by Crippen LogP contribution is -2.45. The molecule has 1 amide bonds. The molecule has 0 bridgehead atoms. The van der Waals surface area contributed by atoms with E-state index in [2.05, 4.69) is 40.5 Å². The van der Waals surface area contributed by atoms with Crippen LogP contribution in [0.4, 0.5) is 0 Å². The van der Waals surface area contributed by atoms with Crippen molar-refractivity contribution in [3.05, 3.63) is 35.9 Å². The Bertz CT molecular complexity index is 405. The quantitative estimate of drug-likeness (QED) is 0.865. The molecular formula is C17H26N2O. The zero-order valence-electron chi connectivity index (χ0n) is 12.5. The predicted octanol–water partition coefficient (Wildman–Crippen LogP) is 2.61. The summed E-state index contributed by atoms with van der Waals surface area (Å²) in [6.45, 7) is 4.33. The van der Waals surface area contributed by atoms with Crippen molar-refractivity contribution in [3.63, 3.8) is 0 Å². The average molecular weight is 274 g/mol. The van der Waals surface area contributed by atoms with Gasteiger partial charge in [-0.1, -0.05) is 36.8 Å². The van der Waals surface area contributed by atoms with Crippen LogP contribution in [0.2, 0.25) is 0 Å². The minimum atomic E-state index is 0.166. The second-order valence-corrected chi connectivity index (χ2v) is 5.60. The fraction of sp³-hybridized carbons (Fsp3) is 0.588. The first-order valence-corrected chi connectivity index (χ1v) is 7.84.